The quantitative estimate of drug-likeness (QED) is 0.699. The normalized spacial score (nSPS) is 19.7. The number of carbonyl (C=O) groups is 1. The van der Waals surface area contributed by atoms with E-state index in [1.807, 2.05) is 14.0 Å². The fourth-order valence-electron chi connectivity index (χ4n) is 1.29. The van der Waals surface area contributed by atoms with E-state index in [0.717, 1.165) is 12.8 Å². The Morgan fingerprint density at radius 3 is 2.67 bits per heavy atom. The van der Waals surface area contributed by atoms with E-state index in [4.69, 9.17) is 0 Å². The second-order valence-corrected chi connectivity index (χ2v) is 5.98. The molecule has 1 aliphatic carbocycles. The van der Waals surface area contributed by atoms with Crippen molar-refractivity contribution in [2.75, 3.05) is 26.4 Å². The van der Waals surface area contributed by atoms with Crippen LogP contribution in [0.4, 0.5) is 0 Å². The number of carbonyl (C=O) groups excluding carboxylic acids is 1. The SMILES string of the molecule is CC(CNCC(=O)N(C)C1CC1)S(C)=O. The van der Waals surface area contributed by atoms with Gasteiger partial charge in [-0.2, -0.15) is 0 Å². The number of amides is 1. The molecule has 2 unspecified atom stereocenters. The molecule has 1 saturated carbocycles. The van der Waals surface area contributed by atoms with Crippen LogP contribution >= 0.6 is 0 Å². The molecular formula is C10H20N2O2S. The van der Waals surface area contributed by atoms with Crippen LogP contribution in [0.25, 0.3) is 0 Å². The van der Waals surface area contributed by atoms with Crippen LogP contribution < -0.4 is 5.32 Å². The summed E-state index contributed by atoms with van der Waals surface area (Å²) in [6.45, 7) is 2.90. The Labute approximate surface area is 93.9 Å². The molecule has 0 aromatic heterocycles. The molecule has 88 valence electrons. The van der Waals surface area contributed by atoms with Gasteiger partial charge in [-0.25, -0.2) is 0 Å². The van der Waals surface area contributed by atoms with Gasteiger partial charge in [0.25, 0.3) is 0 Å². The largest absolute Gasteiger partial charge is 0.342 e. The van der Waals surface area contributed by atoms with Gasteiger partial charge < -0.3 is 10.2 Å². The molecule has 2 atom stereocenters. The highest BCUT2D eigenvalue weighted by Gasteiger charge is 2.29. The number of rotatable bonds is 6. The van der Waals surface area contributed by atoms with E-state index in [2.05, 4.69) is 5.32 Å². The van der Waals surface area contributed by atoms with Crippen molar-refractivity contribution >= 4 is 16.7 Å². The Kier molecular flexibility index (Phi) is 4.73. The number of likely N-dealkylation sites (N-methyl/N-ethyl adjacent to an activating group) is 1. The van der Waals surface area contributed by atoms with Crippen LogP contribution in [0.5, 0.6) is 0 Å². The Morgan fingerprint density at radius 2 is 2.20 bits per heavy atom. The van der Waals surface area contributed by atoms with Crippen molar-refractivity contribution in [1.82, 2.24) is 10.2 Å². The predicted molar refractivity (Wildman–Crippen MR) is 62.2 cm³/mol. The standard InChI is InChI=1S/C10H20N2O2S/c1-8(15(3)14)6-11-7-10(13)12(2)9-4-5-9/h8-9,11H,4-7H2,1-3H3. The van der Waals surface area contributed by atoms with Gasteiger partial charge >= 0.3 is 0 Å². The predicted octanol–water partition coefficient (Wildman–Crippen LogP) is -0.0362. The fraction of sp³-hybridized carbons (Fsp3) is 0.900. The van der Waals surface area contributed by atoms with E-state index in [0.29, 0.717) is 19.1 Å². The lowest BCUT2D eigenvalue weighted by atomic mass is 10.4. The average molecular weight is 232 g/mol. The summed E-state index contributed by atoms with van der Waals surface area (Å²) in [5.41, 5.74) is 0. The summed E-state index contributed by atoms with van der Waals surface area (Å²) < 4.78 is 11.0. The molecule has 4 nitrogen and oxygen atoms in total. The lowest BCUT2D eigenvalue weighted by Gasteiger charge is -2.17. The number of hydrogen-bond donors (Lipinski definition) is 1. The minimum atomic E-state index is -0.820. The topological polar surface area (TPSA) is 49.4 Å². The summed E-state index contributed by atoms with van der Waals surface area (Å²) in [6, 6.07) is 0.469. The van der Waals surface area contributed by atoms with Gasteiger partial charge in [0.1, 0.15) is 0 Å². The monoisotopic (exact) mass is 232 g/mol. The Bertz CT molecular complexity index is 254. The van der Waals surface area contributed by atoms with Gasteiger partial charge in [-0.3, -0.25) is 9.00 Å². The summed E-state index contributed by atoms with van der Waals surface area (Å²) in [7, 11) is 1.03. The zero-order valence-corrected chi connectivity index (χ0v) is 10.5. The summed E-state index contributed by atoms with van der Waals surface area (Å²) >= 11 is 0. The van der Waals surface area contributed by atoms with Crippen molar-refractivity contribution in [2.45, 2.75) is 31.1 Å². The molecule has 1 fully saturated rings. The van der Waals surface area contributed by atoms with E-state index < -0.39 is 10.8 Å². The van der Waals surface area contributed by atoms with Crippen LogP contribution in [0.15, 0.2) is 0 Å². The highest BCUT2D eigenvalue weighted by atomic mass is 32.2. The van der Waals surface area contributed by atoms with Crippen LogP contribution in [0.3, 0.4) is 0 Å². The minimum Gasteiger partial charge on any atom is -0.342 e. The summed E-state index contributed by atoms with van der Waals surface area (Å²) in [4.78, 5) is 13.4. The summed E-state index contributed by atoms with van der Waals surface area (Å²) in [5, 5.41) is 3.15. The van der Waals surface area contributed by atoms with Crippen LogP contribution in [0.2, 0.25) is 0 Å². The first-order chi connectivity index (χ1) is 7.02. The van der Waals surface area contributed by atoms with Crippen molar-refractivity contribution in [1.29, 1.82) is 0 Å². The van der Waals surface area contributed by atoms with E-state index in [1.54, 1.807) is 11.2 Å². The lowest BCUT2D eigenvalue weighted by molar-refractivity contribution is -0.129. The molecule has 1 aliphatic rings. The van der Waals surface area contributed by atoms with Gasteiger partial charge in [0.2, 0.25) is 5.91 Å². The number of nitrogens with zero attached hydrogens (tertiary/aromatic N) is 1. The van der Waals surface area contributed by atoms with Crippen molar-refractivity contribution < 1.29 is 9.00 Å². The van der Waals surface area contributed by atoms with Crippen molar-refractivity contribution in [3.63, 3.8) is 0 Å². The van der Waals surface area contributed by atoms with Gasteiger partial charge in [-0.05, 0) is 19.8 Å². The lowest BCUT2D eigenvalue weighted by Crippen LogP contribution is -2.39. The van der Waals surface area contributed by atoms with Gasteiger partial charge in [0.05, 0.1) is 6.54 Å². The molecule has 0 aromatic rings. The first-order valence-corrected chi connectivity index (χ1v) is 6.93. The minimum absolute atomic E-state index is 0.101. The maximum Gasteiger partial charge on any atom is 0.236 e. The van der Waals surface area contributed by atoms with Crippen molar-refractivity contribution in [3.8, 4) is 0 Å². The molecule has 1 N–H and O–H groups in total. The van der Waals surface area contributed by atoms with Crippen molar-refractivity contribution in [3.05, 3.63) is 0 Å². The summed E-state index contributed by atoms with van der Waals surface area (Å²) in [6.07, 6.45) is 3.96. The smallest absolute Gasteiger partial charge is 0.236 e. The maximum atomic E-state index is 11.6. The molecular weight excluding hydrogens is 212 g/mol. The van der Waals surface area contributed by atoms with Gasteiger partial charge in [-0.15, -0.1) is 0 Å². The average Bonchev–Trinajstić information content (AvgIpc) is 2.99. The molecule has 0 aromatic carbocycles. The highest BCUT2D eigenvalue weighted by molar-refractivity contribution is 7.84. The third kappa shape index (κ3) is 4.30. The van der Waals surface area contributed by atoms with Gasteiger partial charge in [0, 0.05) is 41.9 Å². The zero-order chi connectivity index (χ0) is 11.4. The van der Waals surface area contributed by atoms with E-state index in [1.165, 1.54) is 0 Å². The van der Waals surface area contributed by atoms with Crippen molar-refractivity contribution in [2.24, 2.45) is 0 Å². The second kappa shape index (κ2) is 5.61. The zero-order valence-electron chi connectivity index (χ0n) is 9.66. The third-order valence-electron chi connectivity index (χ3n) is 2.76. The molecule has 0 bridgehead atoms. The molecule has 5 heteroatoms. The molecule has 15 heavy (non-hydrogen) atoms. The summed E-state index contributed by atoms with van der Waals surface area (Å²) in [5.74, 6) is 0.131. The number of hydrogen-bond acceptors (Lipinski definition) is 3. The first-order valence-electron chi connectivity index (χ1n) is 5.31. The molecule has 1 amide bonds. The van der Waals surface area contributed by atoms with Gasteiger partial charge in [-0.1, -0.05) is 0 Å². The maximum absolute atomic E-state index is 11.6. The molecule has 0 spiro atoms. The molecule has 0 radical (unpaired) electrons. The molecule has 1 rings (SSSR count). The number of nitrogens with one attached hydrogen (secondary N) is 1. The molecule has 0 heterocycles. The van der Waals surface area contributed by atoms with Crippen LogP contribution in [0, 0.1) is 0 Å². The van der Waals surface area contributed by atoms with Crippen LogP contribution in [0.1, 0.15) is 19.8 Å². The van der Waals surface area contributed by atoms with E-state index in [-0.39, 0.29) is 11.2 Å². The highest BCUT2D eigenvalue weighted by Crippen LogP contribution is 2.24. The Hall–Kier alpha value is -0.420. The third-order valence-corrected chi connectivity index (χ3v) is 4.06. The first kappa shape index (κ1) is 12.6. The fourth-order valence-corrected chi connectivity index (χ4v) is 1.64. The molecule has 0 saturated heterocycles. The second-order valence-electron chi connectivity index (χ2n) is 4.18. The van der Waals surface area contributed by atoms with E-state index in [9.17, 15) is 9.00 Å². The van der Waals surface area contributed by atoms with Crippen LogP contribution in [-0.4, -0.2) is 52.7 Å². The Morgan fingerprint density at radius 1 is 1.60 bits per heavy atom. The van der Waals surface area contributed by atoms with E-state index >= 15 is 0 Å². The van der Waals surface area contributed by atoms with Crippen LogP contribution in [-0.2, 0) is 15.6 Å². The molecule has 0 aliphatic heterocycles. The van der Waals surface area contributed by atoms with Gasteiger partial charge in [0.15, 0.2) is 0 Å². The Balaban J connectivity index is 2.13.